The van der Waals surface area contributed by atoms with Crippen molar-refractivity contribution in [2.24, 2.45) is 0 Å². The lowest BCUT2D eigenvalue weighted by Crippen LogP contribution is -2.01. The molecule has 0 saturated carbocycles. The molecule has 0 aliphatic heterocycles. The Morgan fingerprint density at radius 3 is 2.84 bits per heavy atom. The van der Waals surface area contributed by atoms with Crippen LogP contribution in [0, 0.1) is 10.1 Å². The summed E-state index contributed by atoms with van der Waals surface area (Å²) in [6.07, 6.45) is 2.69. The third kappa shape index (κ3) is 3.60. The van der Waals surface area contributed by atoms with Gasteiger partial charge < -0.3 is 0 Å². The highest BCUT2D eigenvalue weighted by atomic mass is 79.9. The number of aryl methyl sites for hydroxylation is 1. The topological polar surface area (TPSA) is 73.8 Å². The average Bonchev–Trinajstić information content (AvgIpc) is 2.79. The first-order valence-electron chi connectivity index (χ1n) is 5.48. The number of alkyl halides is 1. The van der Waals surface area contributed by atoms with Crippen LogP contribution in [0.4, 0.5) is 5.69 Å². The van der Waals surface area contributed by atoms with Gasteiger partial charge in [-0.05, 0) is 11.6 Å². The smallest absolute Gasteiger partial charge is 0.258 e. The molecule has 6 nitrogen and oxygen atoms in total. The number of aromatic nitrogens is 3. The summed E-state index contributed by atoms with van der Waals surface area (Å²) < 4.78 is 2.41. The van der Waals surface area contributed by atoms with Crippen molar-refractivity contribution in [3.63, 3.8) is 0 Å². The Labute approximate surface area is 126 Å². The third-order valence-corrected chi connectivity index (χ3v) is 3.65. The molecule has 0 N–H and O–H groups in total. The number of hydrogen-bond donors (Lipinski definition) is 0. The second-order valence-electron chi connectivity index (χ2n) is 3.88. The molecule has 2 aromatic rings. The highest BCUT2D eigenvalue weighted by Gasteiger charge is 2.10. The molecule has 0 bridgehead atoms. The summed E-state index contributed by atoms with van der Waals surface area (Å²) in [7, 11) is 0. The lowest BCUT2D eigenvalue weighted by Gasteiger charge is -2.03. The summed E-state index contributed by atoms with van der Waals surface area (Å²) in [5, 5.41) is 19.5. The molecule has 0 atom stereocenters. The van der Waals surface area contributed by atoms with E-state index in [-0.39, 0.29) is 5.69 Å². The van der Waals surface area contributed by atoms with E-state index < -0.39 is 4.92 Å². The van der Waals surface area contributed by atoms with Gasteiger partial charge in [-0.1, -0.05) is 37.1 Å². The van der Waals surface area contributed by atoms with Gasteiger partial charge in [0.05, 0.1) is 17.2 Å². The summed E-state index contributed by atoms with van der Waals surface area (Å²) in [5.74, 6) is 0. The molecule has 0 saturated heterocycles. The maximum atomic E-state index is 10.7. The number of hydrogen-bond acceptors (Lipinski definition) is 4. The molecule has 8 heteroatoms. The number of non-ortho nitro benzene ring substituents is 1. The van der Waals surface area contributed by atoms with Crippen LogP contribution in [0.1, 0.15) is 11.3 Å². The molecular formula is C11H10Br2N4O2. The van der Waals surface area contributed by atoms with E-state index in [9.17, 15) is 10.1 Å². The molecular weight excluding hydrogens is 380 g/mol. The molecule has 0 spiro atoms. The van der Waals surface area contributed by atoms with E-state index in [1.165, 1.54) is 12.1 Å². The number of halogens is 2. The standard InChI is InChI=1S/C11H10Br2N4O2/c12-4-3-9-7-16(15-14-9)6-8-1-2-10(17(18)19)5-11(8)13/h1-2,5,7H,3-4,6H2. The summed E-state index contributed by atoms with van der Waals surface area (Å²) >= 11 is 6.68. The van der Waals surface area contributed by atoms with Crippen molar-refractivity contribution in [3.8, 4) is 0 Å². The van der Waals surface area contributed by atoms with Gasteiger partial charge in [0.1, 0.15) is 0 Å². The quantitative estimate of drug-likeness (QED) is 0.447. The monoisotopic (exact) mass is 388 g/mol. The minimum Gasteiger partial charge on any atom is -0.258 e. The largest absolute Gasteiger partial charge is 0.270 e. The summed E-state index contributed by atoms with van der Waals surface area (Å²) in [6, 6.07) is 4.69. The lowest BCUT2D eigenvalue weighted by molar-refractivity contribution is -0.384. The van der Waals surface area contributed by atoms with E-state index in [0.717, 1.165) is 23.0 Å². The van der Waals surface area contributed by atoms with Gasteiger partial charge in [0, 0.05) is 34.6 Å². The SMILES string of the molecule is O=[N+]([O-])c1ccc(Cn2cc(CCBr)nn2)c(Br)c1. The first kappa shape index (κ1) is 14.1. The second-order valence-corrected chi connectivity index (χ2v) is 5.53. The molecule has 1 heterocycles. The van der Waals surface area contributed by atoms with E-state index >= 15 is 0 Å². The van der Waals surface area contributed by atoms with E-state index in [1.54, 1.807) is 10.7 Å². The fraction of sp³-hybridized carbons (Fsp3) is 0.273. The molecule has 0 aliphatic rings. The Balaban J connectivity index is 2.16. The minimum atomic E-state index is -0.419. The van der Waals surface area contributed by atoms with Crippen LogP contribution in [-0.4, -0.2) is 25.2 Å². The van der Waals surface area contributed by atoms with Gasteiger partial charge in [0.15, 0.2) is 0 Å². The summed E-state index contributed by atoms with van der Waals surface area (Å²) in [5.41, 5.74) is 1.89. The Morgan fingerprint density at radius 2 is 2.21 bits per heavy atom. The summed E-state index contributed by atoms with van der Waals surface area (Å²) in [4.78, 5) is 10.2. The van der Waals surface area contributed by atoms with Gasteiger partial charge >= 0.3 is 0 Å². The number of rotatable bonds is 5. The highest BCUT2D eigenvalue weighted by Crippen LogP contribution is 2.23. The maximum absolute atomic E-state index is 10.7. The van der Waals surface area contributed by atoms with E-state index in [1.807, 2.05) is 6.20 Å². The van der Waals surface area contributed by atoms with E-state index in [2.05, 4.69) is 42.2 Å². The molecule has 0 radical (unpaired) electrons. The Hall–Kier alpha value is -1.28. The maximum Gasteiger partial charge on any atom is 0.270 e. The molecule has 0 amide bonds. The van der Waals surface area contributed by atoms with Crippen LogP contribution in [0.5, 0.6) is 0 Å². The Morgan fingerprint density at radius 1 is 1.42 bits per heavy atom. The van der Waals surface area contributed by atoms with Crippen LogP contribution in [-0.2, 0) is 13.0 Å². The van der Waals surface area contributed by atoms with Gasteiger partial charge in [-0.2, -0.15) is 0 Å². The number of benzene rings is 1. The van der Waals surface area contributed by atoms with Crippen LogP contribution in [0.2, 0.25) is 0 Å². The normalized spacial score (nSPS) is 10.6. The Kier molecular flexibility index (Phi) is 4.65. The van der Waals surface area contributed by atoms with Crippen LogP contribution in [0.25, 0.3) is 0 Å². The zero-order valence-corrected chi connectivity index (χ0v) is 13.0. The van der Waals surface area contributed by atoms with Crippen LogP contribution >= 0.6 is 31.9 Å². The van der Waals surface area contributed by atoms with E-state index in [4.69, 9.17) is 0 Å². The van der Waals surface area contributed by atoms with Crippen LogP contribution in [0.3, 0.4) is 0 Å². The molecule has 1 aromatic heterocycles. The molecule has 2 rings (SSSR count). The molecule has 0 fully saturated rings. The van der Waals surface area contributed by atoms with Gasteiger partial charge in [0.2, 0.25) is 0 Å². The van der Waals surface area contributed by atoms with Crippen LogP contribution < -0.4 is 0 Å². The van der Waals surface area contributed by atoms with Crippen molar-refractivity contribution >= 4 is 37.5 Å². The number of nitro benzene ring substituents is 1. The van der Waals surface area contributed by atoms with Crippen LogP contribution in [0.15, 0.2) is 28.9 Å². The van der Waals surface area contributed by atoms with Crippen molar-refractivity contribution in [3.05, 3.63) is 50.2 Å². The van der Waals surface area contributed by atoms with Gasteiger partial charge in [-0.15, -0.1) is 5.10 Å². The van der Waals surface area contributed by atoms with Crippen molar-refractivity contribution in [2.45, 2.75) is 13.0 Å². The van der Waals surface area contributed by atoms with E-state index in [0.29, 0.717) is 11.0 Å². The zero-order chi connectivity index (χ0) is 13.8. The predicted octanol–water partition coefficient (Wildman–Crippen LogP) is 2.93. The van der Waals surface area contributed by atoms with Crippen molar-refractivity contribution in [1.82, 2.24) is 15.0 Å². The van der Waals surface area contributed by atoms with Gasteiger partial charge in [0.25, 0.3) is 5.69 Å². The number of nitrogens with zero attached hydrogens (tertiary/aromatic N) is 4. The highest BCUT2D eigenvalue weighted by molar-refractivity contribution is 9.10. The van der Waals surface area contributed by atoms with Gasteiger partial charge in [-0.3, -0.25) is 10.1 Å². The zero-order valence-electron chi connectivity index (χ0n) is 9.79. The fourth-order valence-corrected chi connectivity index (χ4v) is 2.48. The Bertz CT molecular complexity index is 600. The molecule has 100 valence electrons. The first-order valence-corrected chi connectivity index (χ1v) is 7.39. The average molecular weight is 390 g/mol. The third-order valence-electron chi connectivity index (χ3n) is 2.52. The second kappa shape index (κ2) is 6.25. The lowest BCUT2D eigenvalue weighted by atomic mass is 10.2. The van der Waals surface area contributed by atoms with Crippen molar-refractivity contribution in [2.75, 3.05) is 5.33 Å². The van der Waals surface area contributed by atoms with Crippen molar-refractivity contribution in [1.29, 1.82) is 0 Å². The predicted molar refractivity (Wildman–Crippen MR) is 77.4 cm³/mol. The van der Waals surface area contributed by atoms with Gasteiger partial charge in [-0.25, -0.2) is 4.68 Å². The first-order chi connectivity index (χ1) is 9.10. The fourth-order valence-electron chi connectivity index (χ4n) is 1.58. The molecule has 1 aromatic carbocycles. The summed E-state index contributed by atoms with van der Waals surface area (Å²) in [6.45, 7) is 0.522. The molecule has 0 unspecified atom stereocenters. The van der Waals surface area contributed by atoms with Crippen molar-refractivity contribution < 1.29 is 4.92 Å². The number of nitro groups is 1. The minimum absolute atomic E-state index is 0.0641. The molecule has 0 aliphatic carbocycles. The molecule has 19 heavy (non-hydrogen) atoms.